The Morgan fingerprint density at radius 3 is 1.09 bits per heavy atom. The molecule has 0 aromatic heterocycles. The third kappa shape index (κ3) is 12.2. The van der Waals surface area contributed by atoms with Gasteiger partial charge in [0, 0.05) is 28.2 Å². The lowest BCUT2D eigenvalue weighted by atomic mass is 9.70. The minimum absolute atomic E-state index is 0.0415. The fraction of sp³-hybridized carbons (Fsp3) is 0.425. The molecule has 0 heterocycles. The van der Waals surface area contributed by atoms with Crippen molar-refractivity contribution >= 4 is 34.1 Å². The molecule has 7 aromatic rings. The van der Waals surface area contributed by atoms with Gasteiger partial charge in [-0.25, -0.2) is 0 Å². The maximum atomic E-state index is 2.61. The zero-order valence-electron chi connectivity index (χ0n) is 49.0. The molecule has 0 saturated heterocycles. The van der Waals surface area contributed by atoms with Gasteiger partial charge in [-0.2, -0.15) is 0 Å². The second kappa shape index (κ2) is 23.6. The minimum atomic E-state index is 0.0415. The summed E-state index contributed by atoms with van der Waals surface area (Å²) in [5.74, 6) is 0. The summed E-state index contributed by atoms with van der Waals surface area (Å²) < 4.78 is 0. The number of nitrogens with zero attached hydrogens (tertiary/aromatic N) is 2. The van der Waals surface area contributed by atoms with Crippen LogP contribution in [0.1, 0.15) is 201 Å². The van der Waals surface area contributed by atoms with E-state index in [0.29, 0.717) is 0 Å². The maximum absolute atomic E-state index is 2.61. The van der Waals surface area contributed by atoms with E-state index >= 15 is 0 Å². The third-order valence-electron chi connectivity index (χ3n) is 16.7. The zero-order chi connectivity index (χ0) is 53.7. The number of hydrogen-bond acceptors (Lipinski definition) is 2. The van der Waals surface area contributed by atoms with Crippen LogP contribution in [0.25, 0.3) is 22.3 Å². The SMILES string of the molecule is CCCCCCCCC1(CCCCCCCC)c2cc(C)ccc2-c2ccc(-c3ccc(N(c4ccc(N(c5ccc(C)cc5)c5c(C)cc(C(C)(C)C)cc5C)cc4)c4c(C)cc(C(C)(C)C)cc4C)cc3)cc21. The molecule has 1 aliphatic rings. The van der Waals surface area contributed by atoms with Gasteiger partial charge in [-0.1, -0.05) is 222 Å². The van der Waals surface area contributed by atoms with Crippen LogP contribution >= 0.6 is 0 Å². The van der Waals surface area contributed by atoms with Crippen LogP contribution in [0.3, 0.4) is 0 Å². The summed E-state index contributed by atoms with van der Waals surface area (Å²) in [4.78, 5) is 4.96. The number of benzene rings is 7. The van der Waals surface area contributed by atoms with Crippen molar-refractivity contribution in [2.24, 2.45) is 0 Å². The van der Waals surface area contributed by atoms with Gasteiger partial charge in [0.2, 0.25) is 0 Å². The molecule has 1 aliphatic carbocycles. The van der Waals surface area contributed by atoms with E-state index in [2.05, 4.69) is 240 Å². The van der Waals surface area contributed by atoms with Crippen LogP contribution in [0.5, 0.6) is 0 Å². The molecule has 2 heteroatoms. The van der Waals surface area contributed by atoms with E-state index in [4.69, 9.17) is 0 Å². The molecule has 0 saturated carbocycles. The van der Waals surface area contributed by atoms with E-state index in [0.717, 1.165) is 22.7 Å². The van der Waals surface area contributed by atoms with E-state index in [9.17, 15) is 0 Å². The van der Waals surface area contributed by atoms with Crippen molar-refractivity contribution in [3.63, 3.8) is 0 Å². The number of hydrogen-bond donors (Lipinski definition) is 0. The standard InChI is InChI=1S/C73H92N2/c1-15-17-19-21-23-25-43-73(44-26-24-22-20-18-16-2)67-45-52(4)29-41-65(67)66-42-32-58(50-68(66)73)57-30-35-62(36-31-57)75(70-55(7)48-60(49-56(70)8)72(12,13)14)64-39-37-63(38-40-64)74(61-33-27-51(3)28-34-61)69-53(5)46-59(47-54(69)6)71(9,10)11/h27-42,45-50H,15-26,43-44H2,1-14H3. The Kier molecular flexibility index (Phi) is 17.4. The van der Waals surface area contributed by atoms with Crippen LogP contribution in [-0.4, -0.2) is 0 Å². The fourth-order valence-corrected chi connectivity index (χ4v) is 12.4. The molecule has 8 rings (SSSR count). The lowest BCUT2D eigenvalue weighted by Crippen LogP contribution is -2.25. The van der Waals surface area contributed by atoms with Gasteiger partial charge in [-0.3, -0.25) is 0 Å². The molecule has 0 radical (unpaired) electrons. The van der Waals surface area contributed by atoms with Crippen LogP contribution < -0.4 is 9.80 Å². The number of rotatable bonds is 21. The van der Waals surface area contributed by atoms with E-state index in [1.807, 2.05) is 0 Å². The van der Waals surface area contributed by atoms with Crippen molar-refractivity contribution in [1.82, 2.24) is 0 Å². The Bertz CT molecular complexity index is 2960. The van der Waals surface area contributed by atoms with E-state index < -0.39 is 0 Å². The average Bonchev–Trinajstić information content (AvgIpc) is 3.64. The Labute approximate surface area is 456 Å². The summed E-state index contributed by atoms with van der Waals surface area (Å²) in [6, 6.07) is 52.3. The monoisotopic (exact) mass is 997 g/mol. The normalized spacial score (nSPS) is 13.0. The first-order chi connectivity index (χ1) is 35.8. The zero-order valence-corrected chi connectivity index (χ0v) is 49.0. The predicted molar refractivity (Wildman–Crippen MR) is 329 cm³/mol. The van der Waals surface area contributed by atoms with E-state index in [-0.39, 0.29) is 16.2 Å². The van der Waals surface area contributed by atoms with Gasteiger partial charge in [-0.05, 0) is 187 Å². The van der Waals surface area contributed by atoms with E-state index in [1.54, 1.807) is 11.1 Å². The summed E-state index contributed by atoms with van der Waals surface area (Å²) in [5, 5.41) is 0. The molecule has 0 amide bonds. The largest absolute Gasteiger partial charge is 0.310 e. The molecule has 0 N–H and O–H groups in total. The lowest BCUT2D eigenvalue weighted by Gasteiger charge is -2.33. The van der Waals surface area contributed by atoms with Gasteiger partial charge in [-0.15, -0.1) is 0 Å². The molecule has 0 aliphatic heterocycles. The van der Waals surface area contributed by atoms with Gasteiger partial charge in [0.15, 0.2) is 0 Å². The summed E-state index contributed by atoms with van der Waals surface area (Å²) in [6.07, 6.45) is 18.4. The molecule has 0 bridgehead atoms. The smallest absolute Gasteiger partial charge is 0.0520 e. The van der Waals surface area contributed by atoms with Crippen LogP contribution in [0.15, 0.2) is 133 Å². The van der Waals surface area contributed by atoms with Gasteiger partial charge in [0.25, 0.3) is 0 Å². The maximum Gasteiger partial charge on any atom is 0.0520 e. The van der Waals surface area contributed by atoms with Crippen LogP contribution in [0.2, 0.25) is 0 Å². The molecule has 394 valence electrons. The second-order valence-electron chi connectivity index (χ2n) is 24.9. The Morgan fingerprint density at radius 1 is 0.347 bits per heavy atom. The Hall–Kier alpha value is -5.86. The average molecular weight is 998 g/mol. The molecule has 0 unspecified atom stereocenters. The highest BCUT2D eigenvalue weighted by molar-refractivity contribution is 5.87. The van der Waals surface area contributed by atoms with Gasteiger partial charge in [0.05, 0.1) is 11.4 Å². The van der Waals surface area contributed by atoms with Gasteiger partial charge < -0.3 is 9.80 Å². The van der Waals surface area contributed by atoms with Crippen molar-refractivity contribution < 1.29 is 0 Å². The topological polar surface area (TPSA) is 6.48 Å². The van der Waals surface area contributed by atoms with Crippen molar-refractivity contribution in [3.8, 4) is 22.3 Å². The van der Waals surface area contributed by atoms with Crippen molar-refractivity contribution in [2.45, 2.75) is 203 Å². The molecule has 0 atom stereocenters. The molecule has 2 nitrogen and oxygen atoms in total. The molecule has 75 heavy (non-hydrogen) atoms. The first kappa shape index (κ1) is 55.4. The van der Waals surface area contributed by atoms with Crippen LogP contribution in [0.4, 0.5) is 34.1 Å². The van der Waals surface area contributed by atoms with Crippen molar-refractivity contribution in [2.75, 3.05) is 9.80 Å². The number of anilines is 6. The lowest BCUT2D eigenvalue weighted by molar-refractivity contribution is 0.398. The first-order valence-corrected chi connectivity index (χ1v) is 29.2. The fourth-order valence-electron chi connectivity index (χ4n) is 12.4. The van der Waals surface area contributed by atoms with Crippen LogP contribution in [0, 0.1) is 41.5 Å². The number of aryl methyl sites for hydroxylation is 6. The highest BCUT2D eigenvalue weighted by Crippen LogP contribution is 2.55. The van der Waals surface area contributed by atoms with Crippen LogP contribution in [-0.2, 0) is 16.2 Å². The van der Waals surface area contributed by atoms with E-state index in [1.165, 1.54) is 168 Å². The predicted octanol–water partition coefficient (Wildman–Crippen LogP) is 22.5. The molecule has 0 fully saturated rings. The third-order valence-corrected chi connectivity index (χ3v) is 16.7. The number of unbranched alkanes of at least 4 members (excludes halogenated alkanes) is 10. The molecule has 7 aromatic carbocycles. The Balaban J connectivity index is 1.20. The summed E-state index contributed by atoms with van der Waals surface area (Å²) >= 11 is 0. The summed E-state index contributed by atoms with van der Waals surface area (Å²) in [6.45, 7) is 32.2. The van der Waals surface area contributed by atoms with Gasteiger partial charge in [0.1, 0.15) is 0 Å². The molecule has 0 spiro atoms. The first-order valence-electron chi connectivity index (χ1n) is 29.2. The van der Waals surface area contributed by atoms with Crippen molar-refractivity contribution in [3.05, 3.63) is 189 Å². The molecular formula is C73H92N2. The minimum Gasteiger partial charge on any atom is -0.310 e. The second-order valence-corrected chi connectivity index (χ2v) is 24.9. The van der Waals surface area contributed by atoms with Gasteiger partial charge >= 0.3 is 0 Å². The van der Waals surface area contributed by atoms with Crippen molar-refractivity contribution in [1.29, 1.82) is 0 Å². The summed E-state index contributed by atoms with van der Waals surface area (Å²) in [5.41, 5.74) is 26.3. The quantitative estimate of drug-likeness (QED) is 0.0662. The Morgan fingerprint density at radius 2 is 0.680 bits per heavy atom. The summed E-state index contributed by atoms with van der Waals surface area (Å²) in [7, 11) is 0. The molecular weight excluding hydrogens is 905 g/mol. The highest BCUT2D eigenvalue weighted by Gasteiger charge is 2.42. The number of fused-ring (bicyclic) bond motifs is 3. The highest BCUT2D eigenvalue weighted by atomic mass is 15.2.